The fourth-order valence-electron chi connectivity index (χ4n) is 4.71. The minimum absolute atomic E-state index is 0.176. The van der Waals surface area contributed by atoms with Crippen molar-refractivity contribution in [3.8, 4) is 23.0 Å². The number of phenols is 2. The smallest absolute Gasteiger partial charge is 0.329 e. The number of likely N-dealkylation sites (tertiary alicyclic amines) is 1. The van der Waals surface area contributed by atoms with Gasteiger partial charge in [0.2, 0.25) is 0 Å². The number of carbonyl (C=O) groups is 1. The number of carboxylic acids is 1. The Balaban J connectivity index is 0.000000648. The van der Waals surface area contributed by atoms with Crippen molar-refractivity contribution in [2.45, 2.75) is 13.0 Å². The third kappa shape index (κ3) is 6.87. The van der Waals surface area contributed by atoms with Crippen LogP contribution in [0.5, 0.6) is 23.0 Å². The number of aliphatic hydroxyl groups is 1. The summed E-state index contributed by atoms with van der Waals surface area (Å²) in [6, 6.07) is 20.1. The summed E-state index contributed by atoms with van der Waals surface area (Å²) in [4.78, 5) is 11.3. The minimum atomic E-state index is -1.19. The molecular formula is C30H32FNO7. The Bertz CT molecular complexity index is 1320. The summed E-state index contributed by atoms with van der Waals surface area (Å²) in [6.07, 6.45) is -0.383. The zero-order valence-electron chi connectivity index (χ0n) is 21.6. The van der Waals surface area contributed by atoms with Crippen molar-refractivity contribution >= 4 is 17.1 Å². The second kappa shape index (κ2) is 12.6. The minimum Gasteiger partial charge on any atom is -0.508 e. The van der Waals surface area contributed by atoms with Gasteiger partial charge in [0, 0.05) is 36.7 Å². The Morgan fingerprint density at radius 2 is 1.74 bits per heavy atom. The number of hydrogen-bond donors (Lipinski definition) is 4. The zero-order chi connectivity index (χ0) is 27.9. The van der Waals surface area contributed by atoms with Gasteiger partial charge >= 0.3 is 5.97 Å². The lowest BCUT2D eigenvalue weighted by Crippen LogP contribution is -2.49. The number of aromatic hydroxyl groups is 2. The standard InChI is InChI=1S/C28H28FNO4.C2H4O3/c1-18-25-14-23(32)7-10-26(25)34-28(27(18)21-3-2-4-22(31)13-21)20-5-8-24(9-6-20)33-12-11-30-16-19(15-29)17-30;3-1-2(4)5/h2-10,13-14,19,28,31-32H,11-12,15-17H2,1H3;3H,1H2,(H,4,5)/t28-;/m1./s1. The highest BCUT2D eigenvalue weighted by atomic mass is 19.1. The number of rotatable bonds is 8. The van der Waals surface area contributed by atoms with Crippen LogP contribution in [0.3, 0.4) is 0 Å². The van der Waals surface area contributed by atoms with Crippen LogP contribution < -0.4 is 9.47 Å². The quantitative estimate of drug-likeness (QED) is 0.332. The second-order valence-electron chi connectivity index (χ2n) is 9.52. The molecule has 3 aromatic carbocycles. The Hall–Kier alpha value is -4.08. The summed E-state index contributed by atoms with van der Waals surface area (Å²) in [5, 5.41) is 35.1. The van der Waals surface area contributed by atoms with E-state index in [4.69, 9.17) is 24.5 Å². The first kappa shape index (κ1) is 27.9. The van der Waals surface area contributed by atoms with Gasteiger partial charge in [-0.1, -0.05) is 24.3 Å². The van der Waals surface area contributed by atoms with Crippen molar-refractivity contribution in [3.05, 3.63) is 83.4 Å². The highest BCUT2D eigenvalue weighted by Crippen LogP contribution is 2.47. The predicted molar refractivity (Wildman–Crippen MR) is 145 cm³/mol. The van der Waals surface area contributed by atoms with Gasteiger partial charge in [-0.15, -0.1) is 0 Å². The van der Waals surface area contributed by atoms with E-state index in [9.17, 15) is 14.6 Å². The lowest BCUT2D eigenvalue weighted by Gasteiger charge is -2.37. The van der Waals surface area contributed by atoms with E-state index >= 15 is 0 Å². The first-order valence-electron chi connectivity index (χ1n) is 12.6. The number of aliphatic hydroxyl groups excluding tert-OH is 1. The summed E-state index contributed by atoms with van der Waals surface area (Å²) >= 11 is 0. The molecule has 0 radical (unpaired) electrons. The van der Waals surface area contributed by atoms with E-state index in [0.29, 0.717) is 12.4 Å². The third-order valence-corrected chi connectivity index (χ3v) is 6.68. The van der Waals surface area contributed by atoms with Crippen molar-refractivity contribution in [1.29, 1.82) is 0 Å². The number of hydrogen-bond acceptors (Lipinski definition) is 7. The molecule has 0 aliphatic carbocycles. The maximum Gasteiger partial charge on any atom is 0.329 e. The van der Waals surface area contributed by atoms with E-state index in [1.54, 1.807) is 30.3 Å². The number of halogens is 1. The fraction of sp³-hybridized carbons (Fsp3) is 0.300. The van der Waals surface area contributed by atoms with Crippen molar-refractivity contribution in [1.82, 2.24) is 4.90 Å². The Morgan fingerprint density at radius 3 is 2.38 bits per heavy atom. The molecule has 0 unspecified atom stereocenters. The van der Waals surface area contributed by atoms with E-state index < -0.39 is 12.6 Å². The first-order chi connectivity index (χ1) is 18.8. The maximum absolute atomic E-state index is 12.6. The Morgan fingerprint density at radius 1 is 1.05 bits per heavy atom. The highest BCUT2D eigenvalue weighted by molar-refractivity contribution is 5.95. The van der Waals surface area contributed by atoms with Crippen LogP contribution in [0.2, 0.25) is 0 Å². The van der Waals surface area contributed by atoms with Crippen molar-refractivity contribution < 1.29 is 39.1 Å². The zero-order valence-corrected chi connectivity index (χ0v) is 21.6. The summed E-state index contributed by atoms with van der Waals surface area (Å²) in [7, 11) is 0. The van der Waals surface area contributed by atoms with Crippen molar-refractivity contribution in [3.63, 3.8) is 0 Å². The molecule has 206 valence electrons. The van der Waals surface area contributed by atoms with Gasteiger partial charge in [0.15, 0.2) is 0 Å². The van der Waals surface area contributed by atoms with Crippen LogP contribution in [0.25, 0.3) is 11.1 Å². The van der Waals surface area contributed by atoms with Crippen LogP contribution in [-0.2, 0) is 4.79 Å². The summed E-state index contributed by atoms with van der Waals surface area (Å²) in [6.45, 7) is 3.95. The Kier molecular flexibility index (Phi) is 9.06. The normalized spacial score (nSPS) is 16.8. The van der Waals surface area contributed by atoms with E-state index in [1.807, 2.05) is 43.3 Å². The van der Waals surface area contributed by atoms with E-state index in [-0.39, 0.29) is 30.2 Å². The van der Waals surface area contributed by atoms with E-state index in [1.165, 1.54) is 0 Å². The number of benzene rings is 3. The van der Waals surface area contributed by atoms with Crippen molar-refractivity contribution in [2.75, 3.05) is 39.5 Å². The van der Waals surface area contributed by atoms with Gasteiger partial charge in [0.1, 0.15) is 42.3 Å². The second-order valence-corrected chi connectivity index (χ2v) is 9.52. The first-order valence-corrected chi connectivity index (χ1v) is 12.6. The number of carboxylic acid groups (broad SMARTS) is 1. The topological polar surface area (TPSA) is 120 Å². The van der Waals surface area contributed by atoms with Gasteiger partial charge in [-0.05, 0) is 66.1 Å². The van der Waals surface area contributed by atoms with Crippen LogP contribution in [0.1, 0.15) is 29.7 Å². The van der Waals surface area contributed by atoms with Crippen LogP contribution >= 0.6 is 0 Å². The predicted octanol–water partition coefficient (Wildman–Crippen LogP) is 4.51. The SMILES string of the molecule is CC1=C(c2cccc(O)c2)[C@@H](c2ccc(OCCN3CC(CF)C3)cc2)Oc2ccc(O)cc21.O=C(O)CO. The van der Waals surface area contributed by atoms with Gasteiger partial charge in [0.25, 0.3) is 0 Å². The van der Waals surface area contributed by atoms with Crippen LogP contribution in [0.4, 0.5) is 4.39 Å². The van der Waals surface area contributed by atoms with Crippen LogP contribution in [0, 0.1) is 5.92 Å². The van der Waals surface area contributed by atoms with Gasteiger partial charge in [-0.2, -0.15) is 0 Å². The number of nitrogens with zero attached hydrogens (tertiary/aromatic N) is 1. The molecule has 1 saturated heterocycles. The van der Waals surface area contributed by atoms with Gasteiger partial charge in [-0.3, -0.25) is 9.29 Å². The highest BCUT2D eigenvalue weighted by Gasteiger charge is 2.30. The van der Waals surface area contributed by atoms with E-state index in [0.717, 1.165) is 53.2 Å². The molecule has 2 aliphatic heterocycles. The molecule has 8 nitrogen and oxygen atoms in total. The molecule has 1 atom stereocenters. The molecule has 0 aromatic heterocycles. The number of ether oxygens (including phenoxy) is 2. The lowest BCUT2D eigenvalue weighted by atomic mass is 9.86. The summed E-state index contributed by atoms with van der Waals surface area (Å²) in [5.74, 6) is 0.821. The molecule has 0 amide bonds. The summed E-state index contributed by atoms with van der Waals surface area (Å²) in [5.41, 5.74) is 4.56. The average Bonchev–Trinajstić information content (AvgIpc) is 2.91. The van der Waals surface area contributed by atoms with Crippen LogP contribution in [-0.4, -0.2) is 70.8 Å². The molecule has 0 bridgehead atoms. The van der Waals surface area contributed by atoms with Gasteiger partial charge < -0.3 is 29.9 Å². The maximum atomic E-state index is 12.6. The average molecular weight is 538 g/mol. The Labute approximate surface area is 226 Å². The number of fused-ring (bicyclic) bond motifs is 1. The number of aliphatic carboxylic acids is 1. The molecule has 39 heavy (non-hydrogen) atoms. The molecule has 2 heterocycles. The molecule has 0 saturated carbocycles. The molecule has 4 N–H and O–H groups in total. The van der Waals surface area contributed by atoms with Gasteiger partial charge in [-0.25, -0.2) is 4.79 Å². The molecule has 2 aliphatic rings. The monoisotopic (exact) mass is 537 g/mol. The largest absolute Gasteiger partial charge is 0.508 e. The molecule has 9 heteroatoms. The molecule has 1 fully saturated rings. The van der Waals surface area contributed by atoms with Crippen molar-refractivity contribution in [2.24, 2.45) is 5.92 Å². The number of allylic oxidation sites excluding steroid dienone is 1. The third-order valence-electron chi connectivity index (χ3n) is 6.68. The lowest BCUT2D eigenvalue weighted by molar-refractivity contribution is -0.140. The van der Waals surface area contributed by atoms with Crippen LogP contribution in [0.15, 0.2) is 66.7 Å². The molecule has 0 spiro atoms. The number of phenolic OH excluding ortho intramolecular Hbond substituents is 2. The van der Waals surface area contributed by atoms with E-state index in [2.05, 4.69) is 4.90 Å². The molecular weight excluding hydrogens is 505 g/mol. The number of alkyl halides is 1. The fourth-order valence-corrected chi connectivity index (χ4v) is 4.71. The molecule has 3 aromatic rings. The molecule has 5 rings (SSSR count). The van der Waals surface area contributed by atoms with Gasteiger partial charge in [0.05, 0.1) is 6.67 Å². The summed E-state index contributed by atoms with van der Waals surface area (Å²) < 4.78 is 24.9.